The van der Waals surface area contributed by atoms with Crippen LogP contribution in [0.3, 0.4) is 0 Å². The molecule has 0 unspecified atom stereocenters. The van der Waals surface area contributed by atoms with Gasteiger partial charge in [0.2, 0.25) is 0 Å². The van der Waals surface area contributed by atoms with Crippen LogP contribution in [0.1, 0.15) is 30.1 Å². The highest BCUT2D eigenvalue weighted by Gasteiger charge is 2.23. The van der Waals surface area contributed by atoms with Crippen molar-refractivity contribution in [1.82, 2.24) is 20.1 Å². The summed E-state index contributed by atoms with van der Waals surface area (Å²) in [6.45, 7) is 5.56. The summed E-state index contributed by atoms with van der Waals surface area (Å²) >= 11 is 0. The Balaban J connectivity index is 1.28. The molecule has 1 saturated heterocycles. The normalized spacial score (nSPS) is 13.7. The summed E-state index contributed by atoms with van der Waals surface area (Å²) < 4.78 is 5.68. The molecule has 3 heterocycles. The number of unbranched alkanes of at least 4 members (excludes halogenated alkanes) is 1. The Hall–Kier alpha value is -3.68. The first-order valence-electron chi connectivity index (χ1n) is 11.0. The molecule has 1 aliphatic heterocycles. The fourth-order valence-corrected chi connectivity index (χ4v) is 3.49. The topological polar surface area (TPSA) is 83.5 Å². The van der Waals surface area contributed by atoms with Crippen molar-refractivity contribution in [3.8, 4) is 5.75 Å². The van der Waals surface area contributed by atoms with Gasteiger partial charge in [-0.3, -0.25) is 9.78 Å². The van der Waals surface area contributed by atoms with Gasteiger partial charge in [0.1, 0.15) is 5.75 Å². The van der Waals surface area contributed by atoms with Gasteiger partial charge in [0.15, 0.2) is 11.6 Å². The van der Waals surface area contributed by atoms with E-state index in [1.165, 1.54) is 0 Å². The minimum Gasteiger partial charge on any atom is -0.494 e. The number of ether oxygens (including phenoxy) is 1. The molecule has 0 radical (unpaired) electrons. The Morgan fingerprint density at radius 1 is 0.969 bits per heavy atom. The van der Waals surface area contributed by atoms with E-state index in [9.17, 15) is 4.79 Å². The molecule has 1 aromatic carbocycles. The quantitative estimate of drug-likeness (QED) is 0.543. The number of nitrogens with zero attached hydrogens (tertiary/aromatic N) is 5. The molecule has 8 heteroatoms. The lowest BCUT2D eigenvalue weighted by Gasteiger charge is -2.35. The summed E-state index contributed by atoms with van der Waals surface area (Å²) in [5.41, 5.74) is 1.60. The maximum atomic E-state index is 12.9. The van der Waals surface area contributed by atoms with E-state index in [1.807, 2.05) is 53.4 Å². The molecule has 32 heavy (non-hydrogen) atoms. The zero-order valence-corrected chi connectivity index (χ0v) is 18.3. The fraction of sp³-hybridized carbons (Fsp3) is 0.333. The maximum Gasteiger partial charge on any atom is 0.253 e. The third-order valence-electron chi connectivity index (χ3n) is 5.36. The molecule has 0 aliphatic carbocycles. The average molecular weight is 433 g/mol. The van der Waals surface area contributed by atoms with Gasteiger partial charge in [-0.05, 0) is 55.0 Å². The van der Waals surface area contributed by atoms with Crippen LogP contribution in [0.4, 0.5) is 17.3 Å². The van der Waals surface area contributed by atoms with Crippen LogP contribution in [0.5, 0.6) is 5.75 Å². The molecule has 1 amide bonds. The molecule has 166 valence electrons. The van der Waals surface area contributed by atoms with Crippen LogP contribution in [0.2, 0.25) is 0 Å². The summed E-state index contributed by atoms with van der Waals surface area (Å²) in [5.74, 6) is 2.34. The number of benzene rings is 1. The van der Waals surface area contributed by atoms with Gasteiger partial charge in [-0.2, -0.15) is 0 Å². The molecular weight excluding hydrogens is 404 g/mol. The lowest BCUT2D eigenvalue weighted by molar-refractivity contribution is 0.0746. The van der Waals surface area contributed by atoms with E-state index in [1.54, 1.807) is 12.4 Å². The van der Waals surface area contributed by atoms with E-state index in [2.05, 4.69) is 32.3 Å². The molecule has 1 aliphatic rings. The third kappa shape index (κ3) is 5.51. The van der Waals surface area contributed by atoms with Crippen LogP contribution in [0, 0.1) is 0 Å². The number of piperazine rings is 1. The first-order chi connectivity index (χ1) is 15.7. The highest BCUT2D eigenvalue weighted by Crippen LogP contribution is 2.19. The number of carbonyl (C=O) groups is 1. The van der Waals surface area contributed by atoms with Gasteiger partial charge in [0, 0.05) is 49.8 Å². The van der Waals surface area contributed by atoms with E-state index >= 15 is 0 Å². The molecule has 0 atom stereocenters. The van der Waals surface area contributed by atoms with Crippen LogP contribution in [-0.4, -0.2) is 58.8 Å². The Morgan fingerprint density at radius 2 is 1.72 bits per heavy atom. The summed E-state index contributed by atoms with van der Waals surface area (Å²) in [6, 6.07) is 15.0. The van der Waals surface area contributed by atoms with E-state index in [0.717, 1.165) is 43.2 Å². The minimum atomic E-state index is 0.0488. The second-order valence-corrected chi connectivity index (χ2v) is 7.64. The highest BCUT2D eigenvalue weighted by atomic mass is 16.5. The van der Waals surface area contributed by atoms with E-state index in [4.69, 9.17) is 4.74 Å². The van der Waals surface area contributed by atoms with Crippen LogP contribution < -0.4 is 15.0 Å². The number of hydrogen-bond acceptors (Lipinski definition) is 7. The maximum absolute atomic E-state index is 12.9. The monoisotopic (exact) mass is 432 g/mol. The smallest absolute Gasteiger partial charge is 0.253 e. The van der Waals surface area contributed by atoms with Gasteiger partial charge in [-0.25, -0.2) is 0 Å². The van der Waals surface area contributed by atoms with Gasteiger partial charge < -0.3 is 19.9 Å². The highest BCUT2D eigenvalue weighted by molar-refractivity contribution is 5.94. The number of pyridine rings is 1. The molecule has 2 aromatic heterocycles. The molecule has 0 bridgehead atoms. The lowest BCUT2D eigenvalue weighted by Crippen LogP contribution is -2.49. The number of aromatic nitrogens is 3. The van der Waals surface area contributed by atoms with Crippen LogP contribution in [0.15, 0.2) is 60.9 Å². The largest absolute Gasteiger partial charge is 0.494 e. The zero-order valence-electron chi connectivity index (χ0n) is 18.3. The fourth-order valence-electron chi connectivity index (χ4n) is 3.49. The van der Waals surface area contributed by atoms with Crippen molar-refractivity contribution in [3.05, 3.63) is 66.5 Å². The summed E-state index contributed by atoms with van der Waals surface area (Å²) in [4.78, 5) is 20.9. The zero-order chi connectivity index (χ0) is 22.2. The van der Waals surface area contributed by atoms with Crippen molar-refractivity contribution >= 4 is 23.2 Å². The molecule has 0 saturated carbocycles. The van der Waals surface area contributed by atoms with Crippen LogP contribution >= 0.6 is 0 Å². The summed E-state index contributed by atoms with van der Waals surface area (Å²) in [5, 5.41) is 11.8. The summed E-state index contributed by atoms with van der Waals surface area (Å²) in [6.07, 6.45) is 5.57. The number of rotatable bonds is 8. The average Bonchev–Trinajstić information content (AvgIpc) is 2.85. The van der Waals surface area contributed by atoms with Crippen molar-refractivity contribution in [3.63, 3.8) is 0 Å². The van der Waals surface area contributed by atoms with Crippen LogP contribution in [-0.2, 0) is 0 Å². The Labute approximate surface area is 188 Å². The van der Waals surface area contributed by atoms with Crippen molar-refractivity contribution < 1.29 is 9.53 Å². The van der Waals surface area contributed by atoms with Gasteiger partial charge in [-0.15, -0.1) is 10.2 Å². The van der Waals surface area contributed by atoms with Gasteiger partial charge in [0.05, 0.1) is 6.61 Å². The Bertz CT molecular complexity index is 987. The first-order valence-corrected chi connectivity index (χ1v) is 11.0. The molecule has 3 aromatic rings. The van der Waals surface area contributed by atoms with Crippen LogP contribution in [0.25, 0.3) is 0 Å². The number of nitrogens with one attached hydrogen (secondary N) is 1. The van der Waals surface area contributed by atoms with Gasteiger partial charge in [-0.1, -0.05) is 13.3 Å². The van der Waals surface area contributed by atoms with Crippen molar-refractivity contribution in [1.29, 1.82) is 0 Å². The SMILES string of the molecule is CCCCOc1ccc(C(=O)N2CCN(c3ccc(Nc4ccncc4)nn3)CC2)cc1. The number of hydrogen-bond donors (Lipinski definition) is 1. The number of amides is 1. The molecule has 8 nitrogen and oxygen atoms in total. The predicted molar refractivity (Wildman–Crippen MR) is 125 cm³/mol. The third-order valence-corrected chi connectivity index (χ3v) is 5.36. The number of carbonyl (C=O) groups excluding carboxylic acids is 1. The second kappa shape index (κ2) is 10.6. The molecular formula is C24H28N6O2. The van der Waals surface area contributed by atoms with Gasteiger partial charge >= 0.3 is 0 Å². The van der Waals surface area contributed by atoms with Crippen molar-refractivity contribution in [2.75, 3.05) is 43.0 Å². The van der Waals surface area contributed by atoms with E-state index in [0.29, 0.717) is 31.1 Å². The molecule has 4 rings (SSSR count). The van der Waals surface area contributed by atoms with Gasteiger partial charge in [0.25, 0.3) is 5.91 Å². The Kier molecular flexibility index (Phi) is 7.12. The first kappa shape index (κ1) is 21.5. The minimum absolute atomic E-state index is 0.0488. The standard InChI is InChI=1S/C24H28N6O2/c1-2-3-18-32-21-6-4-19(5-7-21)24(31)30-16-14-29(15-17-30)23-9-8-22(27-28-23)26-20-10-12-25-13-11-20/h4-13H,2-3,14-18H2,1H3,(H,25,26,27). The molecule has 0 spiro atoms. The predicted octanol–water partition coefficient (Wildman–Crippen LogP) is 3.76. The lowest BCUT2D eigenvalue weighted by atomic mass is 10.1. The molecule has 1 N–H and O–H groups in total. The Morgan fingerprint density at radius 3 is 2.38 bits per heavy atom. The van der Waals surface area contributed by atoms with E-state index < -0.39 is 0 Å². The van der Waals surface area contributed by atoms with E-state index in [-0.39, 0.29) is 5.91 Å². The van der Waals surface area contributed by atoms with Crippen molar-refractivity contribution in [2.24, 2.45) is 0 Å². The van der Waals surface area contributed by atoms with Crippen molar-refractivity contribution in [2.45, 2.75) is 19.8 Å². The number of anilines is 3. The second-order valence-electron chi connectivity index (χ2n) is 7.64. The molecule has 1 fully saturated rings. The summed E-state index contributed by atoms with van der Waals surface area (Å²) in [7, 11) is 0.